The molecule has 1 aromatic carbocycles. The Balaban J connectivity index is 0.00000161. The summed E-state index contributed by atoms with van der Waals surface area (Å²) in [6, 6.07) is 8.26. The van der Waals surface area contributed by atoms with E-state index in [4.69, 9.17) is 4.74 Å². The second-order valence-electron chi connectivity index (χ2n) is 5.02. The van der Waals surface area contributed by atoms with E-state index in [1.165, 1.54) is 10.4 Å². The van der Waals surface area contributed by atoms with Crippen molar-refractivity contribution in [3.8, 4) is 5.75 Å². The molecule has 2 heterocycles. The van der Waals surface area contributed by atoms with E-state index in [0.29, 0.717) is 0 Å². The SMILES string of the molecule is CN1CCC(Oc2ccc(Br)c(Br)c2)c2sccc2C1.Cl. The molecule has 0 bridgehead atoms. The number of benzene rings is 1. The van der Waals surface area contributed by atoms with Gasteiger partial charge in [0.15, 0.2) is 0 Å². The Hall–Kier alpha value is -0.0700. The molecule has 0 radical (unpaired) electrons. The normalized spacial score (nSPS) is 18.5. The first-order valence-corrected chi connectivity index (χ1v) is 8.96. The number of rotatable bonds is 2. The van der Waals surface area contributed by atoms with E-state index in [2.05, 4.69) is 55.3 Å². The van der Waals surface area contributed by atoms with Crippen molar-refractivity contribution in [3.05, 3.63) is 49.0 Å². The molecule has 6 heteroatoms. The van der Waals surface area contributed by atoms with Crippen LogP contribution in [0.2, 0.25) is 0 Å². The van der Waals surface area contributed by atoms with Gasteiger partial charge in [-0.1, -0.05) is 0 Å². The molecule has 0 N–H and O–H groups in total. The van der Waals surface area contributed by atoms with E-state index in [1.54, 1.807) is 11.3 Å². The second kappa shape index (κ2) is 7.47. The molecule has 0 aliphatic carbocycles. The van der Waals surface area contributed by atoms with Gasteiger partial charge in [0.25, 0.3) is 0 Å². The molecule has 0 fully saturated rings. The summed E-state index contributed by atoms with van der Waals surface area (Å²) in [5.41, 5.74) is 1.40. The molecular weight excluding hydrogens is 437 g/mol. The fraction of sp³-hybridized carbons (Fsp3) is 0.333. The Morgan fingerprint density at radius 3 is 2.81 bits per heavy atom. The number of hydrogen-bond acceptors (Lipinski definition) is 3. The summed E-state index contributed by atoms with van der Waals surface area (Å²) in [6.07, 6.45) is 1.18. The van der Waals surface area contributed by atoms with Crippen molar-refractivity contribution < 1.29 is 4.74 Å². The molecule has 1 atom stereocenters. The highest BCUT2D eigenvalue weighted by atomic mass is 79.9. The number of nitrogens with zero attached hydrogens (tertiary/aromatic N) is 1. The molecule has 21 heavy (non-hydrogen) atoms. The predicted molar refractivity (Wildman–Crippen MR) is 97.7 cm³/mol. The minimum atomic E-state index is 0. The van der Waals surface area contributed by atoms with Crippen molar-refractivity contribution in [3.63, 3.8) is 0 Å². The molecule has 1 aromatic heterocycles. The van der Waals surface area contributed by atoms with Crippen molar-refractivity contribution in [2.75, 3.05) is 13.6 Å². The van der Waals surface area contributed by atoms with Crippen LogP contribution in [0.1, 0.15) is 23.0 Å². The van der Waals surface area contributed by atoms with Crippen LogP contribution >= 0.6 is 55.6 Å². The smallest absolute Gasteiger partial charge is 0.134 e. The van der Waals surface area contributed by atoms with E-state index in [1.807, 2.05) is 18.2 Å². The maximum Gasteiger partial charge on any atom is 0.134 e. The van der Waals surface area contributed by atoms with Crippen LogP contribution < -0.4 is 4.74 Å². The van der Waals surface area contributed by atoms with Crippen molar-refractivity contribution >= 4 is 55.6 Å². The highest BCUT2D eigenvalue weighted by Crippen LogP contribution is 2.36. The van der Waals surface area contributed by atoms with Gasteiger partial charge in [0.2, 0.25) is 0 Å². The third-order valence-corrected chi connectivity index (χ3v) is 6.39. The van der Waals surface area contributed by atoms with Crippen LogP contribution in [0.4, 0.5) is 0 Å². The Kier molecular flexibility index (Phi) is 6.15. The largest absolute Gasteiger partial charge is 0.485 e. The molecule has 1 unspecified atom stereocenters. The standard InChI is InChI=1S/C15H15Br2NOS.ClH/c1-18-6-4-14(15-10(9-18)5-7-20-15)19-11-2-3-12(16)13(17)8-11;/h2-3,5,7-8,14H,4,6,9H2,1H3;1H. The average Bonchev–Trinajstić information content (AvgIpc) is 2.81. The summed E-state index contributed by atoms with van der Waals surface area (Å²) in [7, 11) is 2.17. The average molecular weight is 454 g/mol. The molecular formula is C15H16Br2ClNOS. The van der Waals surface area contributed by atoms with Gasteiger partial charge < -0.3 is 9.64 Å². The zero-order valence-electron chi connectivity index (χ0n) is 11.5. The van der Waals surface area contributed by atoms with Crippen molar-refractivity contribution in [2.45, 2.75) is 19.1 Å². The zero-order valence-corrected chi connectivity index (χ0v) is 16.3. The van der Waals surface area contributed by atoms with Crippen LogP contribution in [0.25, 0.3) is 0 Å². The van der Waals surface area contributed by atoms with Crippen LogP contribution in [0, 0.1) is 0 Å². The lowest BCUT2D eigenvalue weighted by atomic mass is 10.1. The summed E-state index contributed by atoms with van der Waals surface area (Å²) in [5, 5.41) is 2.16. The lowest BCUT2D eigenvalue weighted by molar-refractivity contribution is 0.185. The third-order valence-electron chi connectivity index (χ3n) is 3.46. The van der Waals surface area contributed by atoms with E-state index in [-0.39, 0.29) is 18.5 Å². The maximum absolute atomic E-state index is 6.24. The summed E-state index contributed by atoms with van der Waals surface area (Å²) in [6.45, 7) is 2.08. The van der Waals surface area contributed by atoms with Crippen LogP contribution in [0.3, 0.4) is 0 Å². The highest BCUT2D eigenvalue weighted by molar-refractivity contribution is 9.13. The van der Waals surface area contributed by atoms with Crippen molar-refractivity contribution in [2.24, 2.45) is 0 Å². The van der Waals surface area contributed by atoms with E-state index in [9.17, 15) is 0 Å². The van der Waals surface area contributed by atoms with Gasteiger partial charge in [0.05, 0.1) is 0 Å². The molecule has 2 nitrogen and oxygen atoms in total. The van der Waals surface area contributed by atoms with Gasteiger partial charge in [-0.05, 0) is 74.1 Å². The van der Waals surface area contributed by atoms with Gasteiger partial charge in [-0.2, -0.15) is 0 Å². The second-order valence-corrected chi connectivity index (χ2v) is 7.68. The molecule has 0 saturated heterocycles. The first-order chi connectivity index (χ1) is 9.63. The van der Waals surface area contributed by atoms with Crippen LogP contribution in [0.15, 0.2) is 38.6 Å². The Morgan fingerprint density at radius 1 is 1.24 bits per heavy atom. The summed E-state index contributed by atoms with van der Waals surface area (Å²) in [5.74, 6) is 0.911. The minimum Gasteiger partial charge on any atom is -0.485 e. The minimum absolute atomic E-state index is 0. The number of hydrogen-bond donors (Lipinski definition) is 0. The summed E-state index contributed by atoms with van der Waals surface area (Å²) in [4.78, 5) is 3.72. The maximum atomic E-state index is 6.24. The van der Waals surface area contributed by atoms with Gasteiger partial charge in [-0.15, -0.1) is 23.7 Å². The summed E-state index contributed by atoms with van der Waals surface area (Å²) < 4.78 is 8.30. The Labute approximate surface area is 152 Å². The lowest BCUT2D eigenvalue weighted by Crippen LogP contribution is -2.18. The first-order valence-electron chi connectivity index (χ1n) is 6.50. The monoisotopic (exact) mass is 451 g/mol. The van der Waals surface area contributed by atoms with Crippen LogP contribution in [0.5, 0.6) is 5.75 Å². The predicted octanol–water partition coefficient (Wildman–Crippen LogP) is 5.65. The fourth-order valence-electron chi connectivity index (χ4n) is 2.43. The van der Waals surface area contributed by atoms with Crippen molar-refractivity contribution in [1.82, 2.24) is 4.90 Å². The molecule has 0 amide bonds. The molecule has 114 valence electrons. The molecule has 0 spiro atoms. The van der Waals surface area contributed by atoms with E-state index in [0.717, 1.165) is 34.2 Å². The summed E-state index contributed by atoms with van der Waals surface area (Å²) >= 11 is 8.82. The van der Waals surface area contributed by atoms with Crippen molar-refractivity contribution in [1.29, 1.82) is 0 Å². The highest BCUT2D eigenvalue weighted by Gasteiger charge is 2.23. The van der Waals surface area contributed by atoms with Gasteiger partial charge in [0.1, 0.15) is 11.9 Å². The van der Waals surface area contributed by atoms with Crippen LogP contribution in [-0.4, -0.2) is 18.5 Å². The number of thiophene rings is 1. The fourth-order valence-corrected chi connectivity index (χ4v) is 4.01. The van der Waals surface area contributed by atoms with Gasteiger partial charge in [0, 0.05) is 33.3 Å². The number of ether oxygens (including phenoxy) is 1. The quantitative estimate of drug-likeness (QED) is 0.583. The lowest BCUT2D eigenvalue weighted by Gasteiger charge is -2.18. The molecule has 1 aliphatic rings. The van der Waals surface area contributed by atoms with E-state index < -0.39 is 0 Å². The number of halogens is 3. The topological polar surface area (TPSA) is 12.5 Å². The Morgan fingerprint density at radius 2 is 2.05 bits per heavy atom. The molecule has 2 aromatic rings. The van der Waals surface area contributed by atoms with Crippen LogP contribution in [-0.2, 0) is 6.54 Å². The molecule has 1 aliphatic heterocycles. The van der Waals surface area contributed by atoms with Gasteiger partial charge in [-0.25, -0.2) is 0 Å². The molecule has 3 rings (SSSR count). The Bertz CT molecular complexity index is 619. The van der Waals surface area contributed by atoms with Gasteiger partial charge >= 0.3 is 0 Å². The van der Waals surface area contributed by atoms with Gasteiger partial charge in [-0.3, -0.25) is 0 Å². The molecule has 0 saturated carbocycles. The van der Waals surface area contributed by atoms with E-state index >= 15 is 0 Å². The zero-order chi connectivity index (χ0) is 14.1. The third kappa shape index (κ3) is 4.02. The first kappa shape index (κ1) is 17.3. The number of fused-ring (bicyclic) bond motifs is 1.